The van der Waals surface area contributed by atoms with Crippen LogP contribution in [0, 0.1) is 5.92 Å². The van der Waals surface area contributed by atoms with Crippen LogP contribution < -0.4 is 15.4 Å². The number of urea groups is 1. The minimum atomic E-state index is -0.247. The normalized spacial score (nSPS) is 22.7. The molecule has 2 N–H and O–H groups in total. The van der Waals surface area contributed by atoms with Crippen molar-refractivity contribution < 1.29 is 14.3 Å². The fourth-order valence-corrected chi connectivity index (χ4v) is 3.73. The van der Waals surface area contributed by atoms with Crippen LogP contribution in [-0.4, -0.2) is 43.1 Å². The maximum absolute atomic E-state index is 12.6. The Bertz CT molecular complexity index is 641. The van der Waals surface area contributed by atoms with E-state index >= 15 is 0 Å². The van der Waals surface area contributed by atoms with Gasteiger partial charge in [0.05, 0.1) is 12.8 Å². The summed E-state index contributed by atoms with van der Waals surface area (Å²) >= 11 is 0. The highest BCUT2D eigenvalue weighted by Crippen LogP contribution is 2.28. The smallest absolute Gasteiger partial charge is 0.319 e. The molecule has 1 aromatic rings. The van der Waals surface area contributed by atoms with Gasteiger partial charge in [0.15, 0.2) is 0 Å². The van der Waals surface area contributed by atoms with Crippen molar-refractivity contribution in [1.82, 2.24) is 10.2 Å². The SMILES string of the molecule is COc1ccc(C(=O)N2CCCC2)cc1NC(=O)N[C@H]1CCC[C@H]1C. The molecule has 2 fully saturated rings. The van der Waals surface area contributed by atoms with Crippen molar-refractivity contribution in [2.24, 2.45) is 5.92 Å². The topological polar surface area (TPSA) is 70.7 Å². The van der Waals surface area contributed by atoms with E-state index < -0.39 is 0 Å². The van der Waals surface area contributed by atoms with Gasteiger partial charge in [-0.3, -0.25) is 4.79 Å². The third-order valence-electron chi connectivity index (χ3n) is 5.27. The average molecular weight is 345 g/mol. The molecule has 0 bridgehead atoms. The highest BCUT2D eigenvalue weighted by atomic mass is 16.5. The molecule has 3 amide bonds. The monoisotopic (exact) mass is 345 g/mol. The number of nitrogens with zero attached hydrogens (tertiary/aromatic N) is 1. The molecule has 6 nitrogen and oxygen atoms in total. The van der Waals surface area contributed by atoms with Crippen molar-refractivity contribution in [2.75, 3.05) is 25.5 Å². The predicted molar refractivity (Wildman–Crippen MR) is 97.1 cm³/mol. The van der Waals surface area contributed by atoms with E-state index in [0.717, 1.165) is 45.2 Å². The Hall–Kier alpha value is -2.24. The summed E-state index contributed by atoms with van der Waals surface area (Å²) < 4.78 is 5.33. The third-order valence-corrected chi connectivity index (χ3v) is 5.27. The summed E-state index contributed by atoms with van der Waals surface area (Å²) in [5.41, 5.74) is 1.10. The predicted octanol–water partition coefficient (Wildman–Crippen LogP) is 3.24. The fourth-order valence-electron chi connectivity index (χ4n) is 3.73. The minimum Gasteiger partial charge on any atom is -0.495 e. The molecule has 136 valence electrons. The Kier molecular flexibility index (Phi) is 5.46. The maximum Gasteiger partial charge on any atom is 0.319 e. The largest absolute Gasteiger partial charge is 0.495 e. The van der Waals surface area contributed by atoms with Gasteiger partial charge in [0.1, 0.15) is 5.75 Å². The molecule has 1 aliphatic heterocycles. The number of hydrogen-bond acceptors (Lipinski definition) is 3. The number of ether oxygens (including phenoxy) is 1. The van der Waals surface area contributed by atoms with Crippen LogP contribution in [0.2, 0.25) is 0 Å². The summed E-state index contributed by atoms with van der Waals surface area (Å²) in [7, 11) is 1.55. The molecule has 6 heteroatoms. The van der Waals surface area contributed by atoms with Crippen LogP contribution in [0.4, 0.5) is 10.5 Å². The lowest BCUT2D eigenvalue weighted by Gasteiger charge is -2.19. The van der Waals surface area contributed by atoms with Gasteiger partial charge >= 0.3 is 6.03 Å². The Balaban J connectivity index is 1.71. The van der Waals surface area contributed by atoms with E-state index in [2.05, 4.69) is 17.6 Å². The van der Waals surface area contributed by atoms with Gasteiger partial charge in [0.25, 0.3) is 5.91 Å². The lowest BCUT2D eigenvalue weighted by Crippen LogP contribution is -2.39. The Morgan fingerprint density at radius 2 is 1.92 bits per heavy atom. The zero-order valence-electron chi connectivity index (χ0n) is 15.0. The number of likely N-dealkylation sites (tertiary alicyclic amines) is 1. The summed E-state index contributed by atoms with van der Waals surface area (Å²) in [5, 5.41) is 5.88. The number of hydrogen-bond donors (Lipinski definition) is 2. The number of carbonyl (C=O) groups excluding carboxylic acids is 2. The molecule has 2 atom stereocenters. The molecule has 0 aromatic heterocycles. The summed E-state index contributed by atoms with van der Waals surface area (Å²) in [6.07, 6.45) is 5.41. The van der Waals surface area contributed by atoms with Crippen LogP contribution in [0.5, 0.6) is 5.75 Å². The van der Waals surface area contributed by atoms with E-state index in [1.54, 1.807) is 25.3 Å². The number of benzene rings is 1. The van der Waals surface area contributed by atoms with Crippen LogP contribution in [0.15, 0.2) is 18.2 Å². The van der Waals surface area contributed by atoms with E-state index in [9.17, 15) is 9.59 Å². The van der Waals surface area contributed by atoms with E-state index in [1.807, 2.05) is 4.90 Å². The summed E-state index contributed by atoms with van der Waals surface area (Å²) in [6, 6.07) is 5.15. The number of anilines is 1. The van der Waals surface area contributed by atoms with E-state index in [0.29, 0.717) is 22.9 Å². The zero-order valence-corrected chi connectivity index (χ0v) is 15.0. The lowest BCUT2D eigenvalue weighted by molar-refractivity contribution is 0.0793. The first-order valence-electron chi connectivity index (χ1n) is 9.13. The number of rotatable bonds is 4. The quantitative estimate of drug-likeness (QED) is 0.880. The van der Waals surface area contributed by atoms with Gasteiger partial charge in [0.2, 0.25) is 0 Å². The second-order valence-corrected chi connectivity index (χ2v) is 7.03. The first-order valence-corrected chi connectivity index (χ1v) is 9.13. The van der Waals surface area contributed by atoms with Gasteiger partial charge in [-0.25, -0.2) is 4.79 Å². The molecule has 0 radical (unpaired) electrons. The maximum atomic E-state index is 12.6. The fraction of sp³-hybridized carbons (Fsp3) is 0.579. The molecule has 0 unspecified atom stereocenters. The highest BCUT2D eigenvalue weighted by Gasteiger charge is 2.25. The summed E-state index contributed by atoms with van der Waals surface area (Å²) in [4.78, 5) is 26.8. The summed E-state index contributed by atoms with van der Waals surface area (Å²) in [6.45, 7) is 3.76. The Labute approximate surface area is 148 Å². The minimum absolute atomic E-state index is 0.00743. The van der Waals surface area contributed by atoms with Crippen LogP contribution in [0.1, 0.15) is 49.4 Å². The van der Waals surface area contributed by atoms with Gasteiger partial charge in [-0.2, -0.15) is 0 Å². The number of carbonyl (C=O) groups is 2. The first kappa shape index (κ1) is 17.6. The second-order valence-electron chi connectivity index (χ2n) is 7.03. The molecule has 1 aromatic carbocycles. The standard InChI is InChI=1S/C19H27N3O3/c1-13-6-5-7-15(13)20-19(24)21-16-12-14(8-9-17(16)25-2)18(23)22-10-3-4-11-22/h8-9,12-13,15H,3-7,10-11H2,1-2H3,(H2,20,21,24)/t13-,15+/m1/s1. The first-order chi connectivity index (χ1) is 12.1. The number of amides is 3. The van der Waals surface area contributed by atoms with Gasteiger partial charge in [-0.05, 0) is 49.8 Å². The average Bonchev–Trinajstić information content (AvgIpc) is 3.27. The Morgan fingerprint density at radius 3 is 2.56 bits per heavy atom. The van der Waals surface area contributed by atoms with Crippen molar-refractivity contribution in [1.29, 1.82) is 0 Å². The van der Waals surface area contributed by atoms with Crippen molar-refractivity contribution in [3.8, 4) is 5.75 Å². The highest BCUT2D eigenvalue weighted by molar-refractivity contribution is 5.98. The molecule has 2 aliphatic rings. The molecule has 3 rings (SSSR count). The van der Waals surface area contributed by atoms with E-state index in [1.165, 1.54) is 0 Å². The molecule has 25 heavy (non-hydrogen) atoms. The molecule has 1 saturated carbocycles. The van der Waals surface area contributed by atoms with Crippen LogP contribution in [0.3, 0.4) is 0 Å². The molecule has 0 spiro atoms. The Morgan fingerprint density at radius 1 is 1.16 bits per heavy atom. The molecule has 1 aliphatic carbocycles. The van der Waals surface area contributed by atoms with Crippen molar-refractivity contribution in [2.45, 2.75) is 45.1 Å². The van der Waals surface area contributed by atoms with Gasteiger partial charge in [0, 0.05) is 24.7 Å². The third kappa shape index (κ3) is 4.06. The molecule has 1 saturated heterocycles. The van der Waals surface area contributed by atoms with Crippen LogP contribution in [-0.2, 0) is 0 Å². The van der Waals surface area contributed by atoms with Crippen LogP contribution >= 0.6 is 0 Å². The van der Waals surface area contributed by atoms with Gasteiger partial charge < -0.3 is 20.3 Å². The molecule has 1 heterocycles. The molecular formula is C19H27N3O3. The van der Waals surface area contributed by atoms with Crippen molar-refractivity contribution in [3.63, 3.8) is 0 Å². The summed E-state index contributed by atoms with van der Waals surface area (Å²) in [5.74, 6) is 1.05. The number of methoxy groups -OCH3 is 1. The van der Waals surface area contributed by atoms with Crippen LogP contribution in [0.25, 0.3) is 0 Å². The van der Waals surface area contributed by atoms with Crippen molar-refractivity contribution in [3.05, 3.63) is 23.8 Å². The number of nitrogens with one attached hydrogen (secondary N) is 2. The van der Waals surface area contributed by atoms with E-state index in [-0.39, 0.29) is 18.0 Å². The zero-order chi connectivity index (χ0) is 17.8. The molecular weight excluding hydrogens is 318 g/mol. The van der Waals surface area contributed by atoms with Crippen molar-refractivity contribution >= 4 is 17.6 Å². The van der Waals surface area contributed by atoms with Gasteiger partial charge in [-0.15, -0.1) is 0 Å². The second kappa shape index (κ2) is 7.76. The lowest BCUT2D eigenvalue weighted by atomic mass is 10.1. The van der Waals surface area contributed by atoms with E-state index in [4.69, 9.17) is 4.74 Å². The van der Waals surface area contributed by atoms with Gasteiger partial charge in [-0.1, -0.05) is 13.3 Å².